The Kier molecular flexibility index (Phi) is 3.24. The fourth-order valence-corrected chi connectivity index (χ4v) is 1.48. The molecule has 19 heavy (non-hydrogen) atoms. The molecule has 2 aromatic rings. The van der Waals surface area contributed by atoms with Gasteiger partial charge in [-0.3, -0.25) is 9.48 Å². The van der Waals surface area contributed by atoms with Crippen molar-refractivity contribution in [3.8, 4) is 0 Å². The SMILES string of the molecule is Cn1cc(C(=O)Nc2ccccn2)c(C(F)(F)F)n1. The summed E-state index contributed by atoms with van der Waals surface area (Å²) in [4.78, 5) is 15.6. The Bertz CT molecular complexity index is 592. The van der Waals surface area contributed by atoms with Crippen LogP contribution in [0.5, 0.6) is 0 Å². The molecule has 100 valence electrons. The molecular formula is C11H9F3N4O. The highest BCUT2D eigenvalue weighted by Crippen LogP contribution is 2.30. The van der Waals surface area contributed by atoms with Gasteiger partial charge in [0, 0.05) is 19.4 Å². The van der Waals surface area contributed by atoms with E-state index in [2.05, 4.69) is 15.4 Å². The summed E-state index contributed by atoms with van der Waals surface area (Å²) >= 11 is 0. The second kappa shape index (κ2) is 4.71. The van der Waals surface area contributed by atoms with Gasteiger partial charge in [0.15, 0.2) is 5.69 Å². The van der Waals surface area contributed by atoms with Crippen LogP contribution < -0.4 is 5.32 Å². The van der Waals surface area contributed by atoms with Gasteiger partial charge in [-0.05, 0) is 12.1 Å². The van der Waals surface area contributed by atoms with Gasteiger partial charge >= 0.3 is 6.18 Å². The zero-order chi connectivity index (χ0) is 14.0. The van der Waals surface area contributed by atoms with Crippen molar-refractivity contribution >= 4 is 11.7 Å². The summed E-state index contributed by atoms with van der Waals surface area (Å²) in [6.45, 7) is 0. The van der Waals surface area contributed by atoms with Crippen molar-refractivity contribution < 1.29 is 18.0 Å². The zero-order valence-electron chi connectivity index (χ0n) is 9.77. The highest BCUT2D eigenvalue weighted by molar-refractivity contribution is 6.04. The molecule has 0 aromatic carbocycles. The van der Waals surface area contributed by atoms with Crippen LogP contribution >= 0.6 is 0 Å². The van der Waals surface area contributed by atoms with E-state index in [1.807, 2.05) is 0 Å². The van der Waals surface area contributed by atoms with Crippen molar-refractivity contribution in [1.29, 1.82) is 0 Å². The van der Waals surface area contributed by atoms with E-state index in [0.717, 1.165) is 10.9 Å². The molecule has 0 aliphatic carbocycles. The minimum Gasteiger partial charge on any atom is -0.306 e. The Morgan fingerprint density at radius 2 is 2.11 bits per heavy atom. The average molecular weight is 270 g/mol. The molecule has 5 nitrogen and oxygen atoms in total. The lowest BCUT2D eigenvalue weighted by Crippen LogP contribution is -2.18. The summed E-state index contributed by atoms with van der Waals surface area (Å²) in [5.74, 6) is -0.733. The normalized spacial score (nSPS) is 11.4. The van der Waals surface area contributed by atoms with Gasteiger partial charge in [0.05, 0.1) is 5.56 Å². The number of nitrogens with one attached hydrogen (secondary N) is 1. The van der Waals surface area contributed by atoms with Crippen LogP contribution in [0.15, 0.2) is 30.6 Å². The average Bonchev–Trinajstić information content (AvgIpc) is 2.72. The van der Waals surface area contributed by atoms with Crippen LogP contribution in [0.1, 0.15) is 16.1 Å². The molecule has 2 heterocycles. The Labute approximate surface area is 106 Å². The summed E-state index contributed by atoms with van der Waals surface area (Å²) in [6.07, 6.45) is -2.25. The lowest BCUT2D eigenvalue weighted by molar-refractivity contribution is -0.141. The Balaban J connectivity index is 2.30. The number of aryl methyl sites for hydroxylation is 1. The van der Waals surface area contributed by atoms with E-state index in [9.17, 15) is 18.0 Å². The number of pyridine rings is 1. The van der Waals surface area contributed by atoms with E-state index in [4.69, 9.17) is 0 Å². The molecule has 2 aromatic heterocycles. The number of anilines is 1. The number of rotatable bonds is 2. The minimum absolute atomic E-state index is 0.171. The molecule has 0 atom stereocenters. The minimum atomic E-state index is -4.68. The number of aromatic nitrogens is 3. The molecule has 0 spiro atoms. The summed E-state index contributed by atoms with van der Waals surface area (Å²) < 4.78 is 39.0. The topological polar surface area (TPSA) is 59.8 Å². The smallest absolute Gasteiger partial charge is 0.306 e. The van der Waals surface area contributed by atoms with Crippen LogP contribution in [0.2, 0.25) is 0 Å². The number of halogens is 3. The number of carbonyl (C=O) groups is 1. The number of hydrogen-bond donors (Lipinski definition) is 1. The van der Waals surface area contributed by atoms with Crippen LogP contribution in [0, 0.1) is 0 Å². The fourth-order valence-electron chi connectivity index (χ4n) is 1.48. The molecule has 2 rings (SSSR count). The van der Waals surface area contributed by atoms with Crippen LogP contribution in [-0.2, 0) is 13.2 Å². The second-order valence-electron chi connectivity index (χ2n) is 3.73. The first-order valence-electron chi connectivity index (χ1n) is 5.21. The van der Waals surface area contributed by atoms with Gasteiger partial charge in [-0.1, -0.05) is 6.07 Å². The maximum Gasteiger partial charge on any atom is 0.435 e. The summed E-state index contributed by atoms with van der Waals surface area (Å²) in [6, 6.07) is 4.71. The van der Waals surface area contributed by atoms with Crippen molar-refractivity contribution in [2.75, 3.05) is 5.32 Å². The molecule has 0 aliphatic heterocycles. The molecule has 8 heteroatoms. The highest BCUT2D eigenvalue weighted by Gasteiger charge is 2.39. The van der Waals surface area contributed by atoms with E-state index in [1.54, 1.807) is 12.1 Å². The monoisotopic (exact) mass is 270 g/mol. The molecule has 1 N–H and O–H groups in total. The van der Waals surface area contributed by atoms with E-state index in [-0.39, 0.29) is 5.82 Å². The molecular weight excluding hydrogens is 261 g/mol. The zero-order valence-corrected chi connectivity index (χ0v) is 9.77. The van der Waals surface area contributed by atoms with Crippen molar-refractivity contribution in [3.63, 3.8) is 0 Å². The van der Waals surface area contributed by atoms with Gasteiger partial charge in [-0.25, -0.2) is 4.98 Å². The number of alkyl halides is 3. The molecule has 0 bridgehead atoms. The molecule has 0 saturated carbocycles. The Hall–Kier alpha value is -2.38. The van der Waals surface area contributed by atoms with Crippen LogP contribution in [0.3, 0.4) is 0 Å². The first-order chi connectivity index (χ1) is 8.88. The first kappa shape index (κ1) is 13.1. The maximum absolute atomic E-state index is 12.7. The molecule has 1 amide bonds. The first-order valence-corrected chi connectivity index (χ1v) is 5.21. The van der Waals surface area contributed by atoms with Crippen molar-refractivity contribution in [1.82, 2.24) is 14.8 Å². The van der Waals surface area contributed by atoms with Gasteiger partial charge in [0.1, 0.15) is 5.82 Å². The lowest BCUT2D eigenvalue weighted by atomic mass is 10.2. The van der Waals surface area contributed by atoms with Gasteiger partial charge in [-0.15, -0.1) is 0 Å². The number of hydrogen-bond acceptors (Lipinski definition) is 3. The molecule has 0 aliphatic rings. The molecule has 0 radical (unpaired) electrons. The molecule has 0 unspecified atom stereocenters. The Morgan fingerprint density at radius 3 is 2.68 bits per heavy atom. The Morgan fingerprint density at radius 1 is 1.37 bits per heavy atom. The fraction of sp³-hybridized carbons (Fsp3) is 0.182. The number of carbonyl (C=O) groups excluding carboxylic acids is 1. The van der Waals surface area contributed by atoms with Gasteiger partial charge in [0.25, 0.3) is 5.91 Å². The van der Waals surface area contributed by atoms with Crippen molar-refractivity contribution in [2.24, 2.45) is 7.05 Å². The standard InChI is InChI=1S/C11H9F3N4O/c1-18-6-7(9(17-18)11(12,13)14)10(19)16-8-4-2-3-5-15-8/h2-6H,1H3,(H,15,16,19). The van der Waals surface area contributed by atoms with E-state index < -0.39 is 23.3 Å². The highest BCUT2D eigenvalue weighted by atomic mass is 19.4. The van der Waals surface area contributed by atoms with Crippen LogP contribution in [0.25, 0.3) is 0 Å². The van der Waals surface area contributed by atoms with Crippen molar-refractivity contribution in [3.05, 3.63) is 41.9 Å². The third-order valence-corrected chi connectivity index (χ3v) is 2.25. The summed E-state index contributed by atoms with van der Waals surface area (Å²) in [5, 5.41) is 5.54. The van der Waals surface area contributed by atoms with Crippen LogP contribution in [0.4, 0.5) is 19.0 Å². The molecule has 0 saturated heterocycles. The largest absolute Gasteiger partial charge is 0.435 e. The second-order valence-corrected chi connectivity index (χ2v) is 3.73. The van der Waals surface area contributed by atoms with E-state index in [1.165, 1.54) is 19.3 Å². The maximum atomic E-state index is 12.7. The number of nitrogens with zero attached hydrogens (tertiary/aromatic N) is 3. The van der Waals surface area contributed by atoms with Crippen LogP contribution in [-0.4, -0.2) is 20.7 Å². The third kappa shape index (κ3) is 2.90. The summed E-state index contributed by atoms with van der Waals surface area (Å²) in [5.41, 5.74) is -1.76. The number of amides is 1. The van der Waals surface area contributed by atoms with Gasteiger partial charge < -0.3 is 5.32 Å². The lowest BCUT2D eigenvalue weighted by Gasteiger charge is -2.06. The third-order valence-electron chi connectivity index (χ3n) is 2.25. The predicted molar refractivity (Wildman–Crippen MR) is 60.4 cm³/mol. The molecule has 0 fully saturated rings. The van der Waals surface area contributed by atoms with E-state index in [0.29, 0.717) is 0 Å². The van der Waals surface area contributed by atoms with Gasteiger partial charge in [0.2, 0.25) is 0 Å². The quantitative estimate of drug-likeness (QED) is 0.909. The predicted octanol–water partition coefficient (Wildman–Crippen LogP) is 2.09. The summed E-state index contributed by atoms with van der Waals surface area (Å²) in [7, 11) is 1.31. The van der Waals surface area contributed by atoms with Gasteiger partial charge in [-0.2, -0.15) is 18.3 Å². The van der Waals surface area contributed by atoms with Crippen molar-refractivity contribution in [2.45, 2.75) is 6.18 Å². The van der Waals surface area contributed by atoms with E-state index >= 15 is 0 Å².